The lowest BCUT2D eigenvalue weighted by atomic mass is 9.94. The smallest absolute Gasteiger partial charge is 0.326 e. The summed E-state index contributed by atoms with van der Waals surface area (Å²) in [6, 6.07) is 16.8. The molecule has 354 valence electrons. The Bertz CT molecular complexity index is 2350. The highest BCUT2D eigenvalue weighted by atomic mass is 16.4. The van der Waals surface area contributed by atoms with E-state index >= 15 is 0 Å². The van der Waals surface area contributed by atoms with E-state index in [-0.39, 0.29) is 65.8 Å². The van der Waals surface area contributed by atoms with Gasteiger partial charge in [-0.1, -0.05) is 88.3 Å². The summed E-state index contributed by atoms with van der Waals surface area (Å²) < 4.78 is 0. The number of carboxylic acid groups (broad SMARTS) is 1. The van der Waals surface area contributed by atoms with Crippen LogP contribution in [-0.4, -0.2) is 87.6 Å². The maximum absolute atomic E-state index is 13.9. The van der Waals surface area contributed by atoms with Crippen LogP contribution in [0, 0.1) is 0 Å². The number of nitrogens with zero attached hydrogens (tertiary/aromatic N) is 1. The van der Waals surface area contributed by atoms with Crippen molar-refractivity contribution in [2.24, 2.45) is 5.73 Å². The van der Waals surface area contributed by atoms with Crippen LogP contribution >= 0.6 is 0 Å². The lowest BCUT2D eigenvalue weighted by molar-refractivity contribution is -0.143. The van der Waals surface area contributed by atoms with Gasteiger partial charge in [-0.3, -0.25) is 24.0 Å². The number of amides is 5. The Morgan fingerprint density at radius 2 is 1.44 bits per heavy atom. The van der Waals surface area contributed by atoms with Gasteiger partial charge in [-0.15, -0.1) is 0 Å². The summed E-state index contributed by atoms with van der Waals surface area (Å²) in [5.74, 6) is -4.28. The van der Waals surface area contributed by atoms with Gasteiger partial charge in [0.25, 0.3) is 5.91 Å². The van der Waals surface area contributed by atoms with Crippen LogP contribution in [0.25, 0.3) is 21.9 Å². The zero-order valence-corrected chi connectivity index (χ0v) is 38.4. The standard InChI is InChI=1S/C51H66N6O9/c1-4-5-6-7-8-9-10-11-14-33-17-19-36-30-38(21-20-35(36)27-33)49(63)53-26-25-45(60)56-44(52)15-12-13-16-46(61)57(3)47-37-22-24-43(59)40(31-37)39-28-34(18-23-42(39)58)29-41(51(65)66)55-48(62)32(2)54-50(47)64/h17-24,27-28,30-32,41,44,47,58-59H,4-16,25-26,29,52H2,1-3H3,(H,53,63)(H,54,64)(H,55,62)(H,56,60)(H,65,66)/t32-,41-,44?,47-/m0/s1. The quantitative estimate of drug-likeness (QED) is 0.0333. The van der Waals surface area contributed by atoms with Gasteiger partial charge in [0.15, 0.2) is 0 Å². The second-order valence-corrected chi connectivity index (χ2v) is 17.4. The number of aromatic hydroxyl groups is 2. The summed E-state index contributed by atoms with van der Waals surface area (Å²) in [6.07, 6.45) is 11.7. The number of carboxylic acids is 1. The van der Waals surface area contributed by atoms with Crippen LogP contribution in [0.15, 0.2) is 72.8 Å². The molecule has 1 heterocycles. The summed E-state index contributed by atoms with van der Waals surface area (Å²) in [4.78, 5) is 79.5. The molecule has 0 spiro atoms. The average Bonchev–Trinajstić information content (AvgIpc) is 3.28. The largest absolute Gasteiger partial charge is 0.507 e. The first kappa shape index (κ1) is 50.5. The van der Waals surface area contributed by atoms with E-state index in [0.717, 1.165) is 17.2 Å². The Morgan fingerprint density at radius 1 is 0.773 bits per heavy atom. The summed E-state index contributed by atoms with van der Waals surface area (Å²) in [7, 11) is 1.44. The van der Waals surface area contributed by atoms with Crippen molar-refractivity contribution in [1.29, 1.82) is 0 Å². The number of phenolic OH excluding ortho intramolecular Hbond substituents is 2. The summed E-state index contributed by atoms with van der Waals surface area (Å²) >= 11 is 0. The molecule has 1 aliphatic heterocycles. The molecule has 4 bridgehead atoms. The molecule has 0 saturated heterocycles. The molecule has 0 fully saturated rings. The molecule has 0 radical (unpaired) electrons. The van der Waals surface area contributed by atoms with Crippen molar-refractivity contribution in [2.45, 2.75) is 134 Å². The van der Waals surface area contributed by atoms with E-state index in [2.05, 4.69) is 46.4 Å². The third-order valence-corrected chi connectivity index (χ3v) is 12.1. The third-order valence-electron chi connectivity index (χ3n) is 12.1. The van der Waals surface area contributed by atoms with Crippen LogP contribution in [0.5, 0.6) is 11.5 Å². The molecule has 0 aromatic heterocycles. The summed E-state index contributed by atoms with van der Waals surface area (Å²) in [5.41, 5.74) is 9.04. The monoisotopic (exact) mass is 906 g/mol. The molecule has 66 heavy (non-hydrogen) atoms. The lowest BCUT2D eigenvalue weighted by Gasteiger charge is -2.30. The summed E-state index contributed by atoms with van der Waals surface area (Å²) in [5, 5.41) is 44.1. The number of hydrogen-bond acceptors (Lipinski definition) is 9. The Labute approximate surface area is 386 Å². The first-order chi connectivity index (χ1) is 31.6. The molecule has 9 N–H and O–H groups in total. The van der Waals surface area contributed by atoms with Gasteiger partial charge in [0, 0.05) is 49.5 Å². The van der Waals surface area contributed by atoms with Crippen LogP contribution in [0.1, 0.15) is 130 Å². The molecule has 5 amide bonds. The van der Waals surface area contributed by atoms with Gasteiger partial charge in [0.2, 0.25) is 23.6 Å². The Morgan fingerprint density at radius 3 is 2.17 bits per heavy atom. The number of aliphatic carboxylic acids is 1. The van der Waals surface area contributed by atoms with Gasteiger partial charge < -0.3 is 47.2 Å². The highest BCUT2D eigenvalue weighted by Crippen LogP contribution is 2.39. The third kappa shape index (κ3) is 14.5. The molecule has 0 aliphatic carbocycles. The first-order valence-corrected chi connectivity index (χ1v) is 23.2. The molecule has 15 nitrogen and oxygen atoms in total. The summed E-state index contributed by atoms with van der Waals surface area (Å²) in [6.45, 7) is 3.75. The van der Waals surface area contributed by atoms with E-state index in [0.29, 0.717) is 30.4 Å². The minimum absolute atomic E-state index is 0.00628. The van der Waals surface area contributed by atoms with E-state index in [9.17, 15) is 44.1 Å². The topological polar surface area (TPSA) is 240 Å². The maximum atomic E-state index is 13.9. The fourth-order valence-electron chi connectivity index (χ4n) is 8.27. The number of carbonyl (C=O) groups excluding carboxylic acids is 5. The van der Waals surface area contributed by atoms with Crippen LogP contribution < -0.4 is 27.0 Å². The van der Waals surface area contributed by atoms with Gasteiger partial charge in [0.05, 0.1) is 6.17 Å². The highest BCUT2D eigenvalue weighted by Gasteiger charge is 2.33. The highest BCUT2D eigenvalue weighted by molar-refractivity contribution is 5.99. The SMILES string of the molecule is CCCCCCCCCCc1ccc2cc(C(=O)NCCC(=O)NC(N)CCCCC(=O)N(C)[C@@H]3C(=O)N[C@@H](C)C(=O)N[C@H](C(=O)O)Cc4ccc(O)c(c4)-c4cc3ccc4O)ccc2c1. The minimum Gasteiger partial charge on any atom is -0.507 e. The van der Waals surface area contributed by atoms with Crippen LogP contribution in [0.2, 0.25) is 0 Å². The molecule has 0 saturated carbocycles. The fraction of sp³-hybridized carbons (Fsp3) is 0.451. The van der Waals surface area contributed by atoms with Crippen LogP contribution in [-0.2, 0) is 36.8 Å². The molecule has 4 aromatic carbocycles. The van der Waals surface area contributed by atoms with E-state index in [4.69, 9.17) is 5.73 Å². The van der Waals surface area contributed by atoms with Gasteiger partial charge in [-0.2, -0.15) is 0 Å². The maximum Gasteiger partial charge on any atom is 0.326 e. The van der Waals surface area contributed by atoms with Crippen molar-refractivity contribution >= 4 is 46.3 Å². The number of hydrogen-bond donors (Lipinski definition) is 8. The predicted octanol–water partition coefficient (Wildman–Crippen LogP) is 6.51. The predicted molar refractivity (Wildman–Crippen MR) is 253 cm³/mol. The van der Waals surface area contributed by atoms with Crippen molar-refractivity contribution in [1.82, 2.24) is 26.2 Å². The van der Waals surface area contributed by atoms with E-state index in [1.165, 1.54) is 112 Å². The Balaban J connectivity index is 1.08. The number of nitrogens with two attached hydrogens (primary N) is 1. The van der Waals surface area contributed by atoms with E-state index in [1.54, 1.807) is 6.07 Å². The van der Waals surface area contributed by atoms with Gasteiger partial charge in [-0.05, 0) is 103 Å². The van der Waals surface area contributed by atoms with Crippen LogP contribution in [0.3, 0.4) is 0 Å². The number of carbonyl (C=O) groups is 6. The van der Waals surface area contributed by atoms with Gasteiger partial charge in [-0.25, -0.2) is 4.79 Å². The molecule has 4 atom stereocenters. The zero-order chi connectivity index (χ0) is 47.8. The molecule has 1 unspecified atom stereocenters. The fourth-order valence-corrected chi connectivity index (χ4v) is 8.27. The number of rotatable bonds is 21. The van der Waals surface area contributed by atoms with E-state index < -0.39 is 48.0 Å². The Hall–Kier alpha value is -6.48. The molecule has 1 aliphatic rings. The van der Waals surface area contributed by atoms with Crippen molar-refractivity contribution < 1.29 is 44.1 Å². The molecular weight excluding hydrogens is 841 g/mol. The van der Waals surface area contributed by atoms with Crippen molar-refractivity contribution in [3.63, 3.8) is 0 Å². The lowest BCUT2D eigenvalue weighted by Crippen LogP contribution is -2.53. The second-order valence-electron chi connectivity index (χ2n) is 17.4. The number of likely N-dealkylation sites (N-methyl/N-ethyl adjacent to an activating group) is 1. The van der Waals surface area contributed by atoms with Gasteiger partial charge in [0.1, 0.15) is 29.6 Å². The number of phenols is 2. The van der Waals surface area contributed by atoms with Crippen molar-refractivity contribution in [2.75, 3.05) is 13.6 Å². The van der Waals surface area contributed by atoms with Crippen LogP contribution in [0.4, 0.5) is 0 Å². The molecule has 5 rings (SSSR count). The van der Waals surface area contributed by atoms with E-state index in [1.807, 2.05) is 12.1 Å². The average molecular weight is 907 g/mol. The molecular formula is C51H66N6O9. The number of fused-ring (bicyclic) bond motifs is 6. The molecule has 4 aromatic rings. The number of nitrogens with one attached hydrogen (secondary N) is 4. The number of benzene rings is 4. The van der Waals surface area contributed by atoms with Crippen molar-refractivity contribution in [3.05, 3.63) is 95.1 Å². The Kier molecular flexibility index (Phi) is 18.9. The number of aryl methyl sites for hydroxylation is 1. The molecule has 15 heteroatoms. The first-order valence-electron chi connectivity index (χ1n) is 23.2. The van der Waals surface area contributed by atoms with Crippen molar-refractivity contribution in [3.8, 4) is 22.6 Å². The normalized spacial score (nSPS) is 16.6. The van der Waals surface area contributed by atoms with Gasteiger partial charge >= 0.3 is 5.97 Å². The minimum atomic E-state index is -1.36. The number of unbranched alkanes of at least 4 members (excludes halogenated alkanes) is 8. The zero-order valence-electron chi connectivity index (χ0n) is 38.4. The second kappa shape index (κ2) is 24.7.